The second-order valence-electron chi connectivity index (χ2n) is 7.98. The van der Waals surface area contributed by atoms with Crippen molar-refractivity contribution in [1.82, 2.24) is 14.6 Å². The van der Waals surface area contributed by atoms with Crippen molar-refractivity contribution in [1.29, 1.82) is 0 Å². The Morgan fingerprint density at radius 1 is 0.968 bits per heavy atom. The van der Waals surface area contributed by atoms with Gasteiger partial charge in [-0.1, -0.05) is 73.8 Å². The Bertz CT molecular complexity index is 1200. The number of pyridine rings is 1. The van der Waals surface area contributed by atoms with Crippen molar-refractivity contribution in [2.45, 2.75) is 26.2 Å². The summed E-state index contributed by atoms with van der Waals surface area (Å²) in [5, 5.41) is 7.04. The smallest absolute Gasteiger partial charge is 0.269 e. The second kappa shape index (κ2) is 8.65. The molecule has 2 heterocycles. The monoisotopic (exact) mass is 430 g/mol. The Balaban J connectivity index is 1.62. The van der Waals surface area contributed by atoms with Crippen LogP contribution in [0.5, 0.6) is 11.6 Å². The molecule has 156 valence electrons. The minimum Gasteiger partial charge on any atom is -0.437 e. The van der Waals surface area contributed by atoms with E-state index >= 15 is 0 Å². The first kappa shape index (κ1) is 20.7. The predicted molar refractivity (Wildman–Crippen MR) is 123 cm³/mol. The topological polar surface area (TPSA) is 77.0 Å². The first-order valence-corrected chi connectivity index (χ1v) is 10.6. The van der Waals surface area contributed by atoms with Gasteiger partial charge in [0.25, 0.3) is 5.91 Å². The van der Waals surface area contributed by atoms with E-state index in [1.165, 1.54) is 0 Å². The number of anilines is 1. The van der Waals surface area contributed by atoms with Crippen molar-refractivity contribution in [2.24, 2.45) is 0 Å². The van der Waals surface area contributed by atoms with Crippen LogP contribution >= 0.6 is 11.5 Å². The molecule has 0 radical (unpaired) electrons. The summed E-state index contributed by atoms with van der Waals surface area (Å²) in [5.74, 6) is 0.718. The van der Waals surface area contributed by atoms with Gasteiger partial charge >= 0.3 is 0 Å². The number of hydrogen-bond donors (Lipinski definition) is 1. The molecule has 31 heavy (non-hydrogen) atoms. The lowest BCUT2D eigenvalue weighted by Crippen LogP contribution is -2.14. The highest BCUT2D eigenvalue weighted by Crippen LogP contribution is 2.36. The van der Waals surface area contributed by atoms with E-state index in [1.807, 2.05) is 54.6 Å². The number of nitrogens with zero attached hydrogens (tertiary/aromatic N) is 3. The van der Waals surface area contributed by atoms with E-state index in [0.29, 0.717) is 27.9 Å². The maximum atomic E-state index is 13.0. The van der Waals surface area contributed by atoms with Gasteiger partial charge in [0.05, 0.1) is 0 Å². The van der Waals surface area contributed by atoms with Crippen molar-refractivity contribution in [3.63, 3.8) is 0 Å². The van der Waals surface area contributed by atoms with Gasteiger partial charge in [0.1, 0.15) is 22.0 Å². The van der Waals surface area contributed by atoms with Crippen LogP contribution in [0.2, 0.25) is 0 Å². The molecule has 4 aromatic rings. The molecule has 0 bridgehead atoms. The number of aromatic nitrogens is 3. The van der Waals surface area contributed by atoms with Crippen molar-refractivity contribution in [3.05, 3.63) is 83.4 Å². The zero-order chi connectivity index (χ0) is 21.8. The molecule has 7 heteroatoms. The number of carbonyl (C=O) groups excluding carboxylic acids is 1. The molecule has 6 nitrogen and oxygen atoms in total. The molecule has 0 saturated heterocycles. The largest absolute Gasteiger partial charge is 0.437 e. The van der Waals surface area contributed by atoms with Gasteiger partial charge in [-0.2, -0.15) is 0 Å². The van der Waals surface area contributed by atoms with E-state index in [1.54, 1.807) is 18.3 Å². The molecular formula is C24H22N4O2S. The highest BCUT2D eigenvalue weighted by molar-refractivity contribution is 7.08. The number of para-hydroxylation sites is 1. The highest BCUT2D eigenvalue weighted by Gasteiger charge is 2.22. The fraction of sp³-hybridized carbons (Fsp3) is 0.167. The van der Waals surface area contributed by atoms with E-state index in [0.717, 1.165) is 22.7 Å². The molecular weight excluding hydrogens is 408 g/mol. The van der Waals surface area contributed by atoms with Crippen LogP contribution in [-0.4, -0.2) is 20.5 Å². The molecule has 0 aliphatic carbocycles. The summed E-state index contributed by atoms with van der Waals surface area (Å²) < 4.78 is 10.1. The van der Waals surface area contributed by atoms with Gasteiger partial charge in [-0.3, -0.25) is 4.79 Å². The highest BCUT2D eigenvalue weighted by atomic mass is 32.1. The fourth-order valence-corrected chi connectivity index (χ4v) is 3.73. The van der Waals surface area contributed by atoms with Crippen LogP contribution in [0.4, 0.5) is 5.69 Å². The third-order valence-electron chi connectivity index (χ3n) is 4.66. The summed E-state index contributed by atoms with van der Waals surface area (Å²) in [6, 6.07) is 20.9. The molecule has 0 saturated carbocycles. The maximum absolute atomic E-state index is 13.0. The Labute approximate surface area is 185 Å². The minimum atomic E-state index is -0.309. The number of rotatable bonds is 5. The van der Waals surface area contributed by atoms with Gasteiger partial charge in [0, 0.05) is 17.3 Å². The Morgan fingerprint density at radius 3 is 2.48 bits per heavy atom. The number of hydrogen-bond acceptors (Lipinski definition) is 6. The Morgan fingerprint density at radius 2 is 1.71 bits per heavy atom. The molecule has 0 atom stereocenters. The fourth-order valence-electron chi connectivity index (χ4n) is 3.15. The van der Waals surface area contributed by atoms with Crippen LogP contribution in [-0.2, 0) is 5.41 Å². The molecule has 4 rings (SSSR count). The van der Waals surface area contributed by atoms with Crippen molar-refractivity contribution in [2.75, 3.05) is 5.32 Å². The normalized spacial score (nSPS) is 11.2. The lowest BCUT2D eigenvalue weighted by atomic mass is 9.86. The van der Waals surface area contributed by atoms with E-state index in [-0.39, 0.29) is 11.3 Å². The number of benzene rings is 2. The SMILES string of the molecule is CC(C)(C)c1ccccc1Oc1ncccc1NC(=O)c1snnc1-c1ccccc1. The van der Waals surface area contributed by atoms with E-state index in [2.05, 4.69) is 40.7 Å². The van der Waals surface area contributed by atoms with E-state index in [9.17, 15) is 4.79 Å². The van der Waals surface area contributed by atoms with Crippen molar-refractivity contribution < 1.29 is 9.53 Å². The molecule has 0 aliphatic rings. The summed E-state index contributed by atoms with van der Waals surface area (Å²) in [6.07, 6.45) is 1.63. The van der Waals surface area contributed by atoms with Crippen molar-refractivity contribution >= 4 is 23.1 Å². The third-order valence-corrected chi connectivity index (χ3v) is 5.39. The van der Waals surface area contributed by atoms with Crippen LogP contribution in [0.25, 0.3) is 11.3 Å². The summed E-state index contributed by atoms with van der Waals surface area (Å²) >= 11 is 1.05. The quantitative estimate of drug-likeness (QED) is 0.424. The lowest BCUT2D eigenvalue weighted by Gasteiger charge is -2.22. The number of nitrogens with one attached hydrogen (secondary N) is 1. The van der Waals surface area contributed by atoms with E-state index in [4.69, 9.17) is 4.74 Å². The van der Waals surface area contributed by atoms with Crippen LogP contribution in [0.3, 0.4) is 0 Å². The predicted octanol–water partition coefficient (Wildman–Crippen LogP) is 5.94. The summed E-state index contributed by atoms with van der Waals surface area (Å²) in [5.41, 5.74) is 2.81. The standard InChI is InChI=1S/C24H22N4O2S/c1-24(2,3)17-12-7-8-14-19(17)30-23-18(13-9-15-25-23)26-22(29)21-20(27-28-31-21)16-10-5-4-6-11-16/h4-15H,1-3H3,(H,26,29). The summed E-state index contributed by atoms with van der Waals surface area (Å²) in [4.78, 5) is 17.8. The average molecular weight is 431 g/mol. The molecule has 0 fully saturated rings. The Hall–Kier alpha value is -3.58. The molecule has 0 aliphatic heterocycles. The lowest BCUT2D eigenvalue weighted by molar-refractivity contribution is 0.103. The van der Waals surface area contributed by atoms with E-state index < -0.39 is 0 Å². The van der Waals surface area contributed by atoms with Gasteiger partial charge < -0.3 is 10.1 Å². The molecule has 2 aromatic heterocycles. The first-order chi connectivity index (χ1) is 14.9. The van der Waals surface area contributed by atoms with Gasteiger partial charge in [-0.25, -0.2) is 4.98 Å². The van der Waals surface area contributed by atoms with Crippen LogP contribution < -0.4 is 10.1 Å². The van der Waals surface area contributed by atoms with Gasteiger partial charge in [-0.15, -0.1) is 5.10 Å². The van der Waals surface area contributed by atoms with Crippen LogP contribution in [0.1, 0.15) is 36.0 Å². The second-order valence-corrected chi connectivity index (χ2v) is 8.73. The minimum absolute atomic E-state index is 0.103. The van der Waals surface area contributed by atoms with Gasteiger partial charge in [-0.05, 0) is 35.1 Å². The summed E-state index contributed by atoms with van der Waals surface area (Å²) in [7, 11) is 0. The number of amides is 1. The zero-order valence-corrected chi connectivity index (χ0v) is 18.3. The molecule has 0 unspecified atom stereocenters. The molecule has 2 aromatic carbocycles. The van der Waals surface area contributed by atoms with Gasteiger partial charge in [0.15, 0.2) is 0 Å². The maximum Gasteiger partial charge on any atom is 0.269 e. The Kier molecular flexibility index (Phi) is 5.77. The molecule has 1 amide bonds. The summed E-state index contributed by atoms with van der Waals surface area (Å²) in [6.45, 7) is 6.37. The first-order valence-electron chi connectivity index (χ1n) is 9.85. The number of carbonyl (C=O) groups is 1. The third kappa shape index (κ3) is 4.62. The molecule has 0 spiro atoms. The van der Waals surface area contributed by atoms with Crippen molar-refractivity contribution in [3.8, 4) is 22.9 Å². The average Bonchev–Trinajstić information content (AvgIpc) is 3.25. The molecule has 1 N–H and O–H groups in total. The van der Waals surface area contributed by atoms with Crippen LogP contribution in [0.15, 0.2) is 72.9 Å². The van der Waals surface area contributed by atoms with Gasteiger partial charge in [0.2, 0.25) is 5.88 Å². The van der Waals surface area contributed by atoms with Crippen LogP contribution in [0, 0.1) is 0 Å². The zero-order valence-electron chi connectivity index (χ0n) is 17.5. The number of ether oxygens (including phenoxy) is 1.